The van der Waals surface area contributed by atoms with Crippen molar-refractivity contribution in [2.45, 2.75) is 41.8 Å². The SMILES string of the molecule is C[C@@H](Sc1nnc(N)s1)C(=O)N[C@@H]1CCCc2ccccc21. The van der Waals surface area contributed by atoms with Gasteiger partial charge in [-0.3, -0.25) is 4.79 Å². The Morgan fingerprint density at radius 2 is 2.27 bits per heavy atom. The van der Waals surface area contributed by atoms with Gasteiger partial charge in [-0.2, -0.15) is 0 Å². The molecule has 7 heteroatoms. The zero-order chi connectivity index (χ0) is 15.5. The molecular weight excluding hydrogens is 316 g/mol. The molecule has 0 bridgehead atoms. The van der Waals surface area contributed by atoms with Crippen LogP contribution in [-0.2, 0) is 11.2 Å². The van der Waals surface area contributed by atoms with Crippen LogP contribution in [0.1, 0.15) is 36.9 Å². The summed E-state index contributed by atoms with van der Waals surface area (Å²) in [5.74, 6) is 0.0282. The summed E-state index contributed by atoms with van der Waals surface area (Å²) in [5, 5.41) is 11.1. The average Bonchev–Trinajstić information content (AvgIpc) is 2.92. The molecule has 116 valence electrons. The van der Waals surface area contributed by atoms with Crippen LogP contribution in [0, 0.1) is 0 Å². The summed E-state index contributed by atoms with van der Waals surface area (Å²) in [6.07, 6.45) is 3.19. The Morgan fingerprint density at radius 1 is 1.45 bits per heavy atom. The van der Waals surface area contributed by atoms with Crippen LogP contribution in [0.15, 0.2) is 28.6 Å². The Morgan fingerprint density at radius 3 is 3.05 bits per heavy atom. The maximum atomic E-state index is 12.4. The number of aryl methyl sites for hydroxylation is 1. The summed E-state index contributed by atoms with van der Waals surface area (Å²) in [4.78, 5) is 12.4. The Balaban J connectivity index is 1.64. The molecule has 3 rings (SSSR count). The molecule has 0 saturated carbocycles. The van der Waals surface area contributed by atoms with Gasteiger partial charge >= 0.3 is 0 Å². The molecule has 3 N–H and O–H groups in total. The van der Waals surface area contributed by atoms with Crippen LogP contribution in [0.2, 0.25) is 0 Å². The van der Waals surface area contributed by atoms with Crippen LogP contribution >= 0.6 is 23.1 Å². The summed E-state index contributed by atoms with van der Waals surface area (Å²) in [6.45, 7) is 1.88. The third kappa shape index (κ3) is 3.41. The number of amides is 1. The van der Waals surface area contributed by atoms with Gasteiger partial charge in [0.25, 0.3) is 0 Å². The number of aromatic nitrogens is 2. The third-order valence-corrected chi connectivity index (χ3v) is 5.69. The molecule has 5 nitrogen and oxygen atoms in total. The summed E-state index contributed by atoms with van der Waals surface area (Å²) >= 11 is 2.70. The van der Waals surface area contributed by atoms with Crippen molar-refractivity contribution in [3.05, 3.63) is 35.4 Å². The zero-order valence-corrected chi connectivity index (χ0v) is 13.9. The topological polar surface area (TPSA) is 80.9 Å². The van der Waals surface area contributed by atoms with Crippen molar-refractivity contribution in [1.29, 1.82) is 0 Å². The fourth-order valence-corrected chi connectivity index (χ4v) is 4.46. The monoisotopic (exact) mass is 334 g/mol. The van der Waals surface area contributed by atoms with E-state index in [1.54, 1.807) is 0 Å². The quantitative estimate of drug-likeness (QED) is 0.840. The smallest absolute Gasteiger partial charge is 0.233 e. The number of nitrogen functional groups attached to an aromatic ring is 1. The Bertz CT molecular complexity index is 673. The number of nitrogens with one attached hydrogen (secondary N) is 1. The predicted molar refractivity (Wildman–Crippen MR) is 89.9 cm³/mol. The van der Waals surface area contributed by atoms with E-state index in [9.17, 15) is 4.79 Å². The van der Waals surface area contributed by atoms with Crippen molar-refractivity contribution in [1.82, 2.24) is 15.5 Å². The molecule has 22 heavy (non-hydrogen) atoms. The van der Waals surface area contributed by atoms with Crippen molar-refractivity contribution in [3.8, 4) is 0 Å². The molecule has 0 fully saturated rings. The lowest BCUT2D eigenvalue weighted by Crippen LogP contribution is -2.35. The van der Waals surface area contributed by atoms with E-state index < -0.39 is 0 Å². The second-order valence-corrected chi connectivity index (χ2v) is 7.92. The minimum absolute atomic E-state index is 0.0282. The summed E-state index contributed by atoms with van der Waals surface area (Å²) in [7, 11) is 0. The Labute approximate surface area is 137 Å². The largest absolute Gasteiger partial charge is 0.374 e. The molecule has 2 aromatic rings. The number of benzene rings is 1. The lowest BCUT2D eigenvalue weighted by molar-refractivity contribution is -0.121. The molecular formula is C15H18N4OS2. The van der Waals surface area contributed by atoms with Crippen molar-refractivity contribution in [3.63, 3.8) is 0 Å². The van der Waals surface area contributed by atoms with Crippen molar-refractivity contribution in [2.75, 3.05) is 5.73 Å². The number of hydrogen-bond acceptors (Lipinski definition) is 6. The lowest BCUT2D eigenvalue weighted by Gasteiger charge is -2.27. The second kappa shape index (κ2) is 6.66. The van der Waals surface area contributed by atoms with Gasteiger partial charge < -0.3 is 11.1 Å². The normalized spacial score (nSPS) is 18.5. The number of nitrogens with two attached hydrogens (primary N) is 1. The second-order valence-electron chi connectivity index (χ2n) is 5.32. The fourth-order valence-electron chi connectivity index (χ4n) is 2.67. The molecule has 1 heterocycles. The number of thioether (sulfide) groups is 1. The minimum atomic E-state index is -0.221. The van der Waals surface area contributed by atoms with Crippen LogP contribution in [0.3, 0.4) is 0 Å². The van der Waals surface area contributed by atoms with E-state index in [1.807, 2.05) is 13.0 Å². The van der Waals surface area contributed by atoms with Crippen molar-refractivity contribution >= 4 is 34.1 Å². The number of rotatable bonds is 4. The van der Waals surface area contributed by atoms with Crippen molar-refractivity contribution < 1.29 is 4.79 Å². The number of hydrogen-bond donors (Lipinski definition) is 2. The third-order valence-electron chi connectivity index (χ3n) is 3.75. The molecule has 1 aliphatic rings. The van der Waals surface area contributed by atoms with Crippen LogP contribution in [0.25, 0.3) is 0 Å². The number of fused-ring (bicyclic) bond motifs is 1. The molecule has 0 unspecified atom stereocenters. The highest BCUT2D eigenvalue weighted by molar-refractivity contribution is 8.02. The standard InChI is InChI=1S/C15H18N4OS2/c1-9(21-15-19-18-14(16)22-15)13(20)17-12-8-4-6-10-5-2-3-7-11(10)12/h2-3,5,7,9,12H,4,6,8H2,1H3,(H2,16,18)(H,17,20)/t9-,12-/m1/s1. The summed E-state index contributed by atoms with van der Waals surface area (Å²) in [5.41, 5.74) is 8.16. The average molecular weight is 334 g/mol. The van der Waals surface area contributed by atoms with Crippen LogP contribution in [0.5, 0.6) is 0 Å². The first-order valence-electron chi connectivity index (χ1n) is 7.27. The molecule has 1 aromatic heterocycles. The summed E-state index contributed by atoms with van der Waals surface area (Å²) in [6, 6.07) is 8.46. The van der Waals surface area contributed by atoms with Crippen molar-refractivity contribution in [2.24, 2.45) is 0 Å². The maximum absolute atomic E-state index is 12.4. The molecule has 0 saturated heterocycles. The van der Waals surface area contributed by atoms with E-state index in [2.05, 4.69) is 33.7 Å². The van der Waals surface area contributed by atoms with Gasteiger partial charge in [0.2, 0.25) is 11.0 Å². The van der Waals surface area contributed by atoms with E-state index in [1.165, 1.54) is 34.2 Å². The van der Waals surface area contributed by atoms with Gasteiger partial charge in [0, 0.05) is 0 Å². The first-order chi connectivity index (χ1) is 10.6. The molecule has 0 aliphatic heterocycles. The number of carbonyl (C=O) groups excluding carboxylic acids is 1. The number of anilines is 1. The van der Waals surface area contributed by atoms with Gasteiger partial charge in [0.05, 0.1) is 11.3 Å². The van der Waals surface area contributed by atoms with Gasteiger partial charge in [-0.1, -0.05) is 47.4 Å². The van der Waals surface area contributed by atoms with E-state index in [-0.39, 0.29) is 17.2 Å². The van der Waals surface area contributed by atoms with E-state index >= 15 is 0 Å². The molecule has 2 atom stereocenters. The molecule has 0 spiro atoms. The van der Waals surface area contributed by atoms with E-state index in [0.717, 1.165) is 23.6 Å². The van der Waals surface area contributed by atoms with Crippen LogP contribution in [-0.4, -0.2) is 21.4 Å². The molecule has 1 aliphatic carbocycles. The highest BCUT2D eigenvalue weighted by atomic mass is 32.2. The minimum Gasteiger partial charge on any atom is -0.374 e. The van der Waals surface area contributed by atoms with Gasteiger partial charge in [-0.15, -0.1) is 10.2 Å². The Hall–Kier alpha value is -1.60. The highest BCUT2D eigenvalue weighted by Gasteiger charge is 2.24. The maximum Gasteiger partial charge on any atom is 0.233 e. The lowest BCUT2D eigenvalue weighted by atomic mass is 9.88. The molecule has 1 amide bonds. The summed E-state index contributed by atoms with van der Waals surface area (Å²) < 4.78 is 0.726. The molecule has 1 aromatic carbocycles. The highest BCUT2D eigenvalue weighted by Crippen LogP contribution is 2.31. The predicted octanol–water partition coefficient (Wildman–Crippen LogP) is 2.79. The van der Waals surface area contributed by atoms with Gasteiger partial charge in [-0.25, -0.2) is 0 Å². The Kier molecular flexibility index (Phi) is 4.63. The van der Waals surface area contributed by atoms with Gasteiger partial charge in [0.1, 0.15) is 0 Å². The van der Waals surface area contributed by atoms with Gasteiger partial charge in [-0.05, 0) is 37.3 Å². The first-order valence-corrected chi connectivity index (χ1v) is 8.97. The van der Waals surface area contributed by atoms with Crippen LogP contribution in [0.4, 0.5) is 5.13 Å². The van der Waals surface area contributed by atoms with Gasteiger partial charge in [0.15, 0.2) is 4.34 Å². The fraction of sp³-hybridized carbons (Fsp3) is 0.400. The van der Waals surface area contributed by atoms with E-state index in [0.29, 0.717) is 5.13 Å². The number of nitrogens with zero attached hydrogens (tertiary/aromatic N) is 2. The molecule has 0 radical (unpaired) electrons. The number of carbonyl (C=O) groups is 1. The van der Waals surface area contributed by atoms with Crippen LogP contribution < -0.4 is 11.1 Å². The van der Waals surface area contributed by atoms with E-state index in [4.69, 9.17) is 5.73 Å². The zero-order valence-electron chi connectivity index (χ0n) is 12.3. The first kappa shape index (κ1) is 15.3.